The molecule has 0 spiro atoms. The molecule has 3 aromatic rings. The summed E-state index contributed by atoms with van der Waals surface area (Å²) in [7, 11) is 0. The molecule has 2 N–H and O–H groups in total. The number of fused-ring (bicyclic) bond motifs is 2. The molecule has 2 aromatic carbocycles. The number of para-hydroxylation sites is 1. The summed E-state index contributed by atoms with van der Waals surface area (Å²) in [5.74, 6) is 0.879. The molecule has 2 heterocycles. The van der Waals surface area contributed by atoms with E-state index in [-0.39, 0.29) is 17.7 Å². The molecule has 6 nitrogen and oxygen atoms in total. The molecular formula is C24H25N3O3. The van der Waals surface area contributed by atoms with Crippen LogP contribution in [0.4, 0.5) is 5.69 Å². The van der Waals surface area contributed by atoms with E-state index in [1.807, 2.05) is 48.5 Å². The highest BCUT2D eigenvalue weighted by Crippen LogP contribution is 2.27. The van der Waals surface area contributed by atoms with Crippen molar-refractivity contribution in [3.63, 3.8) is 0 Å². The lowest BCUT2D eigenvalue weighted by molar-refractivity contribution is -0.116. The molecule has 0 aliphatic carbocycles. The molecule has 0 saturated carbocycles. The van der Waals surface area contributed by atoms with E-state index in [2.05, 4.69) is 29.5 Å². The zero-order valence-corrected chi connectivity index (χ0v) is 17.2. The summed E-state index contributed by atoms with van der Waals surface area (Å²) in [5, 5.41) is 6.65. The molecular weight excluding hydrogens is 378 g/mol. The molecule has 4 rings (SSSR count). The second-order valence-corrected chi connectivity index (χ2v) is 7.74. The third-order valence-corrected chi connectivity index (χ3v) is 5.20. The number of hydrogen-bond donors (Lipinski definition) is 2. The van der Waals surface area contributed by atoms with Gasteiger partial charge in [-0.3, -0.25) is 14.6 Å². The van der Waals surface area contributed by atoms with Gasteiger partial charge in [0.15, 0.2) is 0 Å². The molecule has 0 atom stereocenters. The maximum atomic E-state index is 12.8. The van der Waals surface area contributed by atoms with E-state index in [9.17, 15) is 9.59 Å². The average Bonchev–Trinajstić information content (AvgIpc) is 2.75. The van der Waals surface area contributed by atoms with Gasteiger partial charge in [-0.25, -0.2) is 0 Å². The Kier molecular flexibility index (Phi) is 5.65. The molecule has 6 heteroatoms. The number of hydrogen-bond acceptors (Lipinski definition) is 4. The van der Waals surface area contributed by atoms with Crippen LogP contribution in [0.1, 0.15) is 47.8 Å². The van der Waals surface area contributed by atoms with Crippen LogP contribution in [0.5, 0.6) is 5.75 Å². The van der Waals surface area contributed by atoms with Gasteiger partial charge in [-0.05, 0) is 48.2 Å². The molecule has 1 aliphatic heterocycles. The van der Waals surface area contributed by atoms with E-state index in [1.165, 1.54) is 0 Å². The molecule has 2 amide bonds. The van der Waals surface area contributed by atoms with E-state index in [0.29, 0.717) is 31.6 Å². The number of anilines is 1. The number of aryl methyl sites for hydroxylation is 1. The maximum Gasteiger partial charge on any atom is 0.252 e. The Labute approximate surface area is 175 Å². The Morgan fingerprint density at radius 1 is 1.17 bits per heavy atom. The number of carbonyl (C=O) groups excluding carboxylic acids is 2. The van der Waals surface area contributed by atoms with E-state index in [4.69, 9.17) is 4.74 Å². The van der Waals surface area contributed by atoms with Crippen molar-refractivity contribution in [3.8, 4) is 5.75 Å². The number of aromatic nitrogens is 1. The highest BCUT2D eigenvalue weighted by molar-refractivity contribution is 6.06. The SMILES string of the molecule is CC(C)c1cc(C(=O)NCCOc2ccc3c(c2)CCC(=O)N3)c2ccccc2n1. The minimum Gasteiger partial charge on any atom is -0.492 e. The van der Waals surface area contributed by atoms with Gasteiger partial charge in [0.25, 0.3) is 5.91 Å². The maximum absolute atomic E-state index is 12.8. The van der Waals surface area contributed by atoms with Crippen LogP contribution in [0, 0.1) is 0 Å². The van der Waals surface area contributed by atoms with Crippen molar-refractivity contribution in [1.82, 2.24) is 10.3 Å². The Morgan fingerprint density at radius 2 is 2.00 bits per heavy atom. The fourth-order valence-corrected chi connectivity index (χ4v) is 3.56. The first kappa shape index (κ1) is 19.9. The van der Waals surface area contributed by atoms with Crippen molar-refractivity contribution >= 4 is 28.4 Å². The lowest BCUT2D eigenvalue weighted by atomic mass is 10.0. The van der Waals surface area contributed by atoms with Crippen molar-refractivity contribution in [3.05, 3.63) is 65.4 Å². The van der Waals surface area contributed by atoms with Crippen LogP contribution in [-0.2, 0) is 11.2 Å². The van der Waals surface area contributed by atoms with E-state index in [0.717, 1.165) is 33.6 Å². The number of ether oxygens (including phenoxy) is 1. The number of rotatable bonds is 6. The molecule has 0 radical (unpaired) electrons. The molecule has 1 aliphatic rings. The Bertz CT molecular complexity index is 1110. The lowest BCUT2D eigenvalue weighted by Gasteiger charge is -2.17. The monoisotopic (exact) mass is 403 g/mol. The first-order valence-corrected chi connectivity index (χ1v) is 10.2. The van der Waals surface area contributed by atoms with Gasteiger partial charge < -0.3 is 15.4 Å². The minimum absolute atomic E-state index is 0.0446. The smallest absolute Gasteiger partial charge is 0.252 e. The summed E-state index contributed by atoms with van der Waals surface area (Å²) in [6.45, 7) is 4.88. The van der Waals surface area contributed by atoms with E-state index < -0.39 is 0 Å². The van der Waals surface area contributed by atoms with Crippen molar-refractivity contribution in [2.24, 2.45) is 0 Å². The lowest BCUT2D eigenvalue weighted by Crippen LogP contribution is -2.28. The summed E-state index contributed by atoms with van der Waals surface area (Å²) >= 11 is 0. The summed E-state index contributed by atoms with van der Waals surface area (Å²) in [5.41, 5.74) is 4.27. The number of nitrogens with zero attached hydrogens (tertiary/aromatic N) is 1. The van der Waals surface area contributed by atoms with Crippen LogP contribution in [0.2, 0.25) is 0 Å². The second-order valence-electron chi connectivity index (χ2n) is 7.74. The fourth-order valence-electron chi connectivity index (χ4n) is 3.56. The van der Waals surface area contributed by atoms with Crippen LogP contribution < -0.4 is 15.4 Å². The largest absolute Gasteiger partial charge is 0.492 e. The van der Waals surface area contributed by atoms with Crippen molar-refractivity contribution in [2.75, 3.05) is 18.5 Å². The van der Waals surface area contributed by atoms with Crippen LogP contribution in [-0.4, -0.2) is 29.9 Å². The van der Waals surface area contributed by atoms with Gasteiger partial charge in [-0.2, -0.15) is 0 Å². The van der Waals surface area contributed by atoms with Crippen molar-refractivity contribution < 1.29 is 14.3 Å². The molecule has 0 fully saturated rings. The van der Waals surface area contributed by atoms with Crippen LogP contribution in [0.15, 0.2) is 48.5 Å². The highest BCUT2D eigenvalue weighted by atomic mass is 16.5. The second kappa shape index (κ2) is 8.53. The Balaban J connectivity index is 1.39. The standard InChI is InChI=1S/C24H25N3O3/c1-15(2)22-14-19(18-5-3-4-6-21(18)26-22)24(29)25-11-12-30-17-8-9-20-16(13-17)7-10-23(28)27-20/h3-6,8-9,13-15H,7,10-12H2,1-2H3,(H,25,29)(H,27,28). The first-order chi connectivity index (χ1) is 14.5. The van der Waals surface area contributed by atoms with Crippen LogP contribution >= 0.6 is 0 Å². The molecule has 154 valence electrons. The van der Waals surface area contributed by atoms with Crippen molar-refractivity contribution in [2.45, 2.75) is 32.6 Å². The van der Waals surface area contributed by atoms with E-state index in [1.54, 1.807) is 0 Å². The van der Waals surface area contributed by atoms with Gasteiger partial charge in [-0.15, -0.1) is 0 Å². The number of nitrogens with one attached hydrogen (secondary N) is 2. The van der Waals surface area contributed by atoms with E-state index >= 15 is 0 Å². The number of carbonyl (C=O) groups is 2. The predicted octanol–water partition coefficient (Wildman–Crippen LogP) is 4.05. The number of pyridine rings is 1. The number of amides is 2. The molecule has 0 bridgehead atoms. The van der Waals surface area contributed by atoms with Crippen LogP contribution in [0.25, 0.3) is 10.9 Å². The van der Waals surface area contributed by atoms with Gasteiger partial charge in [0.05, 0.1) is 17.6 Å². The molecule has 0 saturated heterocycles. The van der Waals surface area contributed by atoms with Crippen molar-refractivity contribution in [1.29, 1.82) is 0 Å². The zero-order chi connectivity index (χ0) is 21.1. The first-order valence-electron chi connectivity index (χ1n) is 10.2. The van der Waals surface area contributed by atoms with Crippen LogP contribution in [0.3, 0.4) is 0 Å². The van der Waals surface area contributed by atoms with Gasteiger partial charge in [0.1, 0.15) is 12.4 Å². The quantitative estimate of drug-likeness (QED) is 0.609. The third kappa shape index (κ3) is 4.27. The summed E-state index contributed by atoms with van der Waals surface area (Å²) in [6.07, 6.45) is 1.20. The topological polar surface area (TPSA) is 80.3 Å². The molecule has 0 unspecified atom stereocenters. The third-order valence-electron chi connectivity index (χ3n) is 5.20. The van der Waals surface area contributed by atoms with Gasteiger partial charge >= 0.3 is 0 Å². The average molecular weight is 403 g/mol. The van der Waals surface area contributed by atoms with Gasteiger partial charge in [0.2, 0.25) is 5.91 Å². The van der Waals surface area contributed by atoms with Gasteiger partial charge in [-0.1, -0.05) is 32.0 Å². The highest BCUT2D eigenvalue weighted by Gasteiger charge is 2.16. The molecule has 30 heavy (non-hydrogen) atoms. The minimum atomic E-state index is -0.132. The Morgan fingerprint density at radius 3 is 2.83 bits per heavy atom. The van der Waals surface area contributed by atoms with Gasteiger partial charge in [0, 0.05) is 23.2 Å². The zero-order valence-electron chi connectivity index (χ0n) is 17.2. The summed E-state index contributed by atoms with van der Waals surface area (Å²) in [4.78, 5) is 29.0. The summed E-state index contributed by atoms with van der Waals surface area (Å²) < 4.78 is 5.79. The summed E-state index contributed by atoms with van der Waals surface area (Å²) in [6, 6.07) is 15.2. The number of benzene rings is 2. The Hall–Kier alpha value is -3.41. The fraction of sp³-hybridized carbons (Fsp3) is 0.292. The normalized spacial score (nSPS) is 13.1. The predicted molar refractivity (Wildman–Crippen MR) is 117 cm³/mol. The molecule has 1 aromatic heterocycles.